The minimum atomic E-state index is -1.27. The van der Waals surface area contributed by atoms with E-state index in [2.05, 4.69) is 15.0 Å². The number of hydrogen-bond acceptors (Lipinski definition) is 5. The molecule has 0 atom stereocenters. The molecule has 1 aromatic heterocycles. The predicted octanol–water partition coefficient (Wildman–Crippen LogP) is -0.700. The molecule has 0 aliphatic heterocycles. The molecule has 0 aromatic carbocycles. The van der Waals surface area contributed by atoms with Crippen molar-refractivity contribution in [1.29, 1.82) is 0 Å². The van der Waals surface area contributed by atoms with Gasteiger partial charge in [-0.2, -0.15) is 0 Å². The number of rotatable bonds is 2. The van der Waals surface area contributed by atoms with Crippen LogP contribution in [-0.2, 0) is 11.8 Å². The van der Waals surface area contributed by atoms with E-state index < -0.39 is 11.9 Å². The highest BCUT2D eigenvalue weighted by atomic mass is 16.5. The molecule has 1 heterocycles. The maximum absolute atomic E-state index is 11.0. The van der Waals surface area contributed by atoms with Gasteiger partial charge < -0.3 is 9.84 Å². The number of nitrogens with zero attached hydrogens (tertiary/aromatic N) is 3. The molecule has 7 heteroatoms. The fourth-order valence-corrected chi connectivity index (χ4v) is 0.831. The third kappa shape index (κ3) is 1.48. The molecule has 0 saturated heterocycles. The van der Waals surface area contributed by atoms with E-state index in [-0.39, 0.29) is 11.4 Å². The van der Waals surface area contributed by atoms with Crippen LogP contribution in [0.15, 0.2) is 0 Å². The van der Waals surface area contributed by atoms with Gasteiger partial charge in [0.15, 0.2) is 5.69 Å². The molecule has 0 fully saturated rings. The summed E-state index contributed by atoms with van der Waals surface area (Å²) in [5.74, 6) is -2.08. The third-order valence-corrected chi connectivity index (χ3v) is 1.41. The lowest BCUT2D eigenvalue weighted by molar-refractivity contribution is 0.0574. The van der Waals surface area contributed by atoms with Crippen molar-refractivity contribution in [3.8, 4) is 0 Å². The van der Waals surface area contributed by atoms with Gasteiger partial charge in [0.2, 0.25) is 5.69 Å². The SMILES string of the molecule is COC(=O)c1nnn(C)c1C(=O)O. The molecule has 1 aromatic rings. The molecule has 0 amide bonds. The van der Waals surface area contributed by atoms with Crippen LogP contribution in [0.4, 0.5) is 0 Å². The molecule has 0 saturated carbocycles. The van der Waals surface area contributed by atoms with E-state index in [9.17, 15) is 9.59 Å². The number of carboxylic acids is 1. The highest BCUT2D eigenvalue weighted by molar-refractivity contribution is 5.99. The van der Waals surface area contributed by atoms with Crippen molar-refractivity contribution in [2.75, 3.05) is 7.11 Å². The average molecular weight is 185 g/mol. The van der Waals surface area contributed by atoms with Gasteiger partial charge in [0.25, 0.3) is 0 Å². The quantitative estimate of drug-likeness (QED) is 0.612. The molecule has 0 unspecified atom stereocenters. The Bertz CT molecular complexity index is 357. The van der Waals surface area contributed by atoms with Gasteiger partial charge in [-0.3, -0.25) is 0 Å². The van der Waals surface area contributed by atoms with E-state index in [0.717, 1.165) is 11.8 Å². The number of aromatic carboxylic acids is 1. The van der Waals surface area contributed by atoms with E-state index in [1.165, 1.54) is 7.05 Å². The van der Waals surface area contributed by atoms with Gasteiger partial charge in [-0.05, 0) is 0 Å². The second kappa shape index (κ2) is 3.21. The van der Waals surface area contributed by atoms with Crippen LogP contribution in [0.3, 0.4) is 0 Å². The Kier molecular flexibility index (Phi) is 2.27. The summed E-state index contributed by atoms with van der Waals surface area (Å²) < 4.78 is 5.32. The lowest BCUT2D eigenvalue weighted by atomic mass is 10.3. The van der Waals surface area contributed by atoms with Crippen molar-refractivity contribution in [2.24, 2.45) is 7.05 Å². The molecule has 7 nitrogen and oxygen atoms in total. The topological polar surface area (TPSA) is 94.3 Å². The Hall–Kier alpha value is -1.92. The van der Waals surface area contributed by atoms with Gasteiger partial charge in [-0.25, -0.2) is 14.3 Å². The Morgan fingerprint density at radius 3 is 2.62 bits per heavy atom. The van der Waals surface area contributed by atoms with Gasteiger partial charge in [-0.15, -0.1) is 5.10 Å². The van der Waals surface area contributed by atoms with Gasteiger partial charge in [0.1, 0.15) is 0 Å². The van der Waals surface area contributed by atoms with Gasteiger partial charge >= 0.3 is 11.9 Å². The fourth-order valence-electron chi connectivity index (χ4n) is 0.831. The van der Waals surface area contributed by atoms with Crippen LogP contribution in [0.2, 0.25) is 0 Å². The second-order valence-electron chi connectivity index (χ2n) is 2.21. The lowest BCUT2D eigenvalue weighted by Crippen LogP contribution is -2.12. The normalized spacial score (nSPS) is 9.69. The summed E-state index contributed by atoms with van der Waals surface area (Å²) in [7, 11) is 2.52. The summed E-state index contributed by atoms with van der Waals surface area (Å²) >= 11 is 0. The first-order valence-electron chi connectivity index (χ1n) is 3.29. The van der Waals surface area contributed by atoms with E-state index in [4.69, 9.17) is 5.11 Å². The number of aromatic nitrogens is 3. The van der Waals surface area contributed by atoms with E-state index in [1.54, 1.807) is 0 Å². The molecule has 0 bridgehead atoms. The minimum Gasteiger partial charge on any atom is -0.476 e. The maximum atomic E-state index is 11.0. The van der Waals surface area contributed by atoms with Crippen molar-refractivity contribution in [3.63, 3.8) is 0 Å². The summed E-state index contributed by atoms with van der Waals surface area (Å²) in [6.07, 6.45) is 0. The number of esters is 1. The first-order chi connectivity index (χ1) is 6.07. The van der Waals surface area contributed by atoms with Crippen molar-refractivity contribution < 1.29 is 19.4 Å². The van der Waals surface area contributed by atoms with Crippen LogP contribution in [0, 0.1) is 0 Å². The van der Waals surface area contributed by atoms with Crippen LogP contribution < -0.4 is 0 Å². The molecular formula is C6H7N3O4. The fraction of sp³-hybridized carbons (Fsp3) is 0.333. The number of carbonyl (C=O) groups excluding carboxylic acids is 1. The monoisotopic (exact) mass is 185 g/mol. The van der Waals surface area contributed by atoms with Crippen molar-refractivity contribution in [3.05, 3.63) is 11.4 Å². The van der Waals surface area contributed by atoms with Crippen molar-refractivity contribution >= 4 is 11.9 Å². The molecule has 0 aliphatic carbocycles. The Morgan fingerprint density at radius 1 is 1.54 bits per heavy atom. The molecule has 13 heavy (non-hydrogen) atoms. The van der Waals surface area contributed by atoms with Crippen LogP contribution >= 0.6 is 0 Å². The molecule has 0 spiro atoms. The van der Waals surface area contributed by atoms with E-state index in [1.807, 2.05) is 0 Å². The average Bonchev–Trinajstić information content (AvgIpc) is 2.45. The van der Waals surface area contributed by atoms with Gasteiger partial charge in [0, 0.05) is 7.05 Å². The second-order valence-corrected chi connectivity index (χ2v) is 2.21. The number of carbonyl (C=O) groups is 2. The van der Waals surface area contributed by atoms with Crippen LogP contribution in [0.25, 0.3) is 0 Å². The molecule has 1 rings (SSSR count). The number of ether oxygens (including phenoxy) is 1. The van der Waals surface area contributed by atoms with Crippen LogP contribution in [0.5, 0.6) is 0 Å². The largest absolute Gasteiger partial charge is 0.476 e. The van der Waals surface area contributed by atoms with Crippen LogP contribution in [-0.4, -0.2) is 39.1 Å². The molecule has 0 radical (unpaired) electrons. The lowest BCUT2D eigenvalue weighted by Gasteiger charge is -1.96. The zero-order chi connectivity index (χ0) is 10.0. The number of aryl methyl sites for hydroxylation is 1. The van der Waals surface area contributed by atoms with E-state index >= 15 is 0 Å². The first kappa shape index (κ1) is 9.17. The summed E-state index contributed by atoms with van der Waals surface area (Å²) in [5.41, 5.74) is -0.579. The van der Waals surface area contributed by atoms with Crippen molar-refractivity contribution in [2.45, 2.75) is 0 Å². The maximum Gasteiger partial charge on any atom is 0.361 e. The number of hydrogen-bond donors (Lipinski definition) is 1. The zero-order valence-corrected chi connectivity index (χ0v) is 7.01. The summed E-state index contributed by atoms with van der Waals surface area (Å²) in [6, 6.07) is 0. The Morgan fingerprint density at radius 2 is 2.15 bits per heavy atom. The van der Waals surface area contributed by atoms with E-state index in [0.29, 0.717) is 0 Å². The smallest absolute Gasteiger partial charge is 0.361 e. The molecular weight excluding hydrogens is 178 g/mol. The molecule has 0 aliphatic rings. The summed E-state index contributed by atoms with van der Waals surface area (Å²) in [6.45, 7) is 0. The Labute approximate surface area is 72.9 Å². The Balaban J connectivity index is 3.22. The first-order valence-corrected chi connectivity index (χ1v) is 3.29. The number of methoxy groups -OCH3 is 1. The zero-order valence-electron chi connectivity index (χ0n) is 7.01. The highest BCUT2D eigenvalue weighted by Gasteiger charge is 2.23. The summed E-state index contributed by atoms with van der Waals surface area (Å²) in [5, 5.41) is 15.4. The minimum absolute atomic E-state index is 0.285. The molecule has 70 valence electrons. The van der Waals surface area contributed by atoms with Crippen molar-refractivity contribution in [1.82, 2.24) is 15.0 Å². The standard InChI is InChI=1S/C6H7N3O4/c1-9-4(5(10)11)3(7-8-9)6(12)13-2/h1-2H3,(H,10,11). The van der Waals surface area contributed by atoms with Crippen LogP contribution in [0.1, 0.15) is 21.0 Å². The third-order valence-electron chi connectivity index (χ3n) is 1.41. The highest BCUT2D eigenvalue weighted by Crippen LogP contribution is 2.04. The van der Waals surface area contributed by atoms with Gasteiger partial charge in [-0.1, -0.05) is 5.21 Å². The summed E-state index contributed by atoms with van der Waals surface area (Å²) in [4.78, 5) is 21.6. The van der Waals surface area contributed by atoms with Gasteiger partial charge in [0.05, 0.1) is 7.11 Å². The predicted molar refractivity (Wildman–Crippen MR) is 39.3 cm³/mol. The molecule has 1 N–H and O–H groups in total. The number of carboxylic acid groups (broad SMARTS) is 1.